The number of carbonyl (C=O) groups excluding carboxylic acids is 1. The second-order valence-electron chi connectivity index (χ2n) is 7.71. The van der Waals surface area contributed by atoms with E-state index in [9.17, 15) is 30.3 Å². The molecule has 0 aromatic heterocycles. The number of aliphatic hydroxyl groups excluding tert-OH is 3. The van der Waals surface area contributed by atoms with Gasteiger partial charge in [0.25, 0.3) is 0 Å². The predicted octanol–water partition coefficient (Wildman–Crippen LogP) is 0.785. The van der Waals surface area contributed by atoms with E-state index in [-0.39, 0.29) is 18.1 Å². The van der Waals surface area contributed by atoms with Gasteiger partial charge in [0.15, 0.2) is 0 Å². The minimum absolute atomic E-state index is 0.0224. The van der Waals surface area contributed by atoms with Gasteiger partial charge < -0.3 is 39.7 Å². The summed E-state index contributed by atoms with van der Waals surface area (Å²) in [5.74, 6) is -0.365. The Morgan fingerprint density at radius 3 is 2.45 bits per heavy atom. The van der Waals surface area contributed by atoms with Crippen molar-refractivity contribution in [1.29, 1.82) is 0 Å². The van der Waals surface area contributed by atoms with E-state index in [0.29, 0.717) is 18.4 Å². The van der Waals surface area contributed by atoms with Crippen LogP contribution in [0, 0.1) is 0 Å². The van der Waals surface area contributed by atoms with Crippen molar-refractivity contribution in [1.82, 2.24) is 0 Å². The number of aliphatic hydroxyl groups is 4. The van der Waals surface area contributed by atoms with Crippen LogP contribution in [0.1, 0.15) is 26.7 Å². The van der Waals surface area contributed by atoms with Crippen LogP contribution in [0.5, 0.6) is 11.5 Å². The third-order valence-electron chi connectivity index (χ3n) is 5.00. The van der Waals surface area contributed by atoms with Crippen molar-refractivity contribution < 1.29 is 44.5 Å². The largest absolute Gasteiger partial charge is 0.508 e. The van der Waals surface area contributed by atoms with Gasteiger partial charge in [0.1, 0.15) is 42.5 Å². The first-order chi connectivity index (χ1) is 14.5. The summed E-state index contributed by atoms with van der Waals surface area (Å²) < 4.78 is 16.1. The minimum atomic E-state index is -1.59. The molecule has 2 rings (SSSR count). The lowest BCUT2D eigenvalue weighted by atomic mass is 9.99. The van der Waals surface area contributed by atoms with Crippen LogP contribution in [0.4, 0.5) is 0 Å². The Kier molecular flexibility index (Phi) is 8.60. The molecule has 1 fully saturated rings. The Morgan fingerprint density at radius 1 is 1.19 bits per heavy atom. The van der Waals surface area contributed by atoms with E-state index < -0.39 is 42.3 Å². The number of carbonyl (C=O) groups is 1. The monoisotopic (exact) mass is 438 g/mol. The number of aromatic hydroxyl groups is 1. The number of allylic oxidation sites excluding steroid dienone is 1. The quantitative estimate of drug-likeness (QED) is 0.214. The van der Waals surface area contributed by atoms with Gasteiger partial charge in [-0.3, -0.25) is 0 Å². The molecule has 0 saturated carbocycles. The second kappa shape index (κ2) is 10.7. The van der Waals surface area contributed by atoms with Crippen molar-refractivity contribution in [3.8, 4) is 11.5 Å². The van der Waals surface area contributed by atoms with Crippen LogP contribution in [-0.4, -0.2) is 74.4 Å². The molecule has 9 heteroatoms. The molecular weight excluding hydrogens is 408 g/mol. The number of phenolic OH excluding ortho intramolecular Hbond substituents is 1. The van der Waals surface area contributed by atoms with Gasteiger partial charge in [-0.15, -0.1) is 6.58 Å². The van der Waals surface area contributed by atoms with Crippen LogP contribution in [0.15, 0.2) is 48.6 Å². The van der Waals surface area contributed by atoms with Gasteiger partial charge in [0, 0.05) is 5.57 Å². The first kappa shape index (κ1) is 24.8. The maximum absolute atomic E-state index is 12.2. The molecule has 0 spiro atoms. The van der Waals surface area contributed by atoms with Crippen LogP contribution in [-0.2, 0) is 14.3 Å². The minimum Gasteiger partial charge on any atom is -0.508 e. The molecule has 1 aliphatic rings. The van der Waals surface area contributed by atoms with Gasteiger partial charge in [0.05, 0.1) is 5.60 Å². The predicted molar refractivity (Wildman–Crippen MR) is 110 cm³/mol. The fourth-order valence-corrected chi connectivity index (χ4v) is 2.85. The molecule has 172 valence electrons. The standard InChI is InChI=1S/C22H30O9/c1-4-22(3,28)11-5-6-13(2)20(27)29-12-16-17(24)18(25)19(26)21(31-16)30-15-9-7-14(23)8-10-15/h4,6-10,16-19,21,23-26,28H,1,5,11-12H2,2-3H3/t16-,17-,18-,19-,21-,22+/m0/s1. The van der Waals surface area contributed by atoms with Gasteiger partial charge in [-0.05, 0) is 51.0 Å². The Hall–Kier alpha value is -2.43. The highest BCUT2D eigenvalue weighted by Gasteiger charge is 2.45. The first-order valence-electron chi connectivity index (χ1n) is 9.89. The number of rotatable bonds is 9. The van der Waals surface area contributed by atoms with E-state index in [2.05, 4.69) is 6.58 Å². The molecule has 1 aromatic rings. The summed E-state index contributed by atoms with van der Waals surface area (Å²) in [5, 5.41) is 49.6. The SMILES string of the molecule is C=C[C@@](C)(O)CCC=C(C)C(=O)OC[C@@H]1O[C@H](Oc2ccc(O)cc2)[C@@H](O)[C@@H](O)[C@H]1O. The Bertz CT molecular complexity index is 772. The van der Waals surface area contributed by atoms with Crippen LogP contribution < -0.4 is 4.74 Å². The molecule has 0 aliphatic carbocycles. The number of ether oxygens (including phenoxy) is 3. The molecule has 1 heterocycles. The fraction of sp³-hybridized carbons (Fsp3) is 0.500. The number of benzene rings is 1. The topological polar surface area (TPSA) is 146 Å². The van der Waals surface area contributed by atoms with Gasteiger partial charge in [-0.25, -0.2) is 4.79 Å². The van der Waals surface area contributed by atoms with Gasteiger partial charge in [-0.1, -0.05) is 12.2 Å². The van der Waals surface area contributed by atoms with E-state index >= 15 is 0 Å². The molecule has 5 N–H and O–H groups in total. The number of esters is 1. The molecule has 0 amide bonds. The van der Waals surface area contributed by atoms with Crippen molar-refractivity contribution >= 4 is 5.97 Å². The van der Waals surface area contributed by atoms with Crippen molar-refractivity contribution in [3.05, 3.63) is 48.6 Å². The Labute approximate surface area is 180 Å². The van der Waals surface area contributed by atoms with E-state index in [4.69, 9.17) is 14.2 Å². The summed E-state index contributed by atoms with van der Waals surface area (Å²) in [7, 11) is 0. The van der Waals surface area contributed by atoms with Crippen molar-refractivity contribution in [2.24, 2.45) is 0 Å². The molecule has 1 aromatic carbocycles. The molecule has 6 atom stereocenters. The summed E-state index contributed by atoms with van der Waals surface area (Å²) in [6.45, 7) is 6.33. The summed E-state index contributed by atoms with van der Waals surface area (Å²) in [4.78, 5) is 12.2. The number of hydrogen-bond acceptors (Lipinski definition) is 9. The molecule has 9 nitrogen and oxygen atoms in total. The summed E-state index contributed by atoms with van der Waals surface area (Å²) in [6.07, 6.45) is -3.26. The van der Waals surface area contributed by atoms with Crippen LogP contribution >= 0.6 is 0 Å². The zero-order chi connectivity index (χ0) is 23.2. The smallest absolute Gasteiger partial charge is 0.333 e. The maximum atomic E-state index is 12.2. The average Bonchev–Trinajstić information content (AvgIpc) is 2.74. The van der Waals surface area contributed by atoms with Crippen molar-refractivity contribution in [2.45, 2.75) is 63.0 Å². The van der Waals surface area contributed by atoms with Gasteiger partial charge in [-0.2, -0.15) is 0 Å². The summed E-state index contributed by atoms with van der Waals surface area (Å²) >= 11 is 0. The van der Waals surface area contributed by atoms with Gasteiger partial charge >= 0.3 is 5.97 Å². The normalized spacial score (nSPS) is 28.5. The van der Waals surface area contributed by atoms with Crippen LogP contribution in [0.2, 0.25) is 0 Å². The highest BCUT2D eigenvalue weighted by Crippen LogP contribution is 2.26. The lowest BCUT2D eigenvalue weighted by Gasteiger charge is -2.39. The molecular formula is C22H30O9. The average molecular weight is 438 g/mol. The van der Waals surface area contributed by atoms with Crippen molar-refractivity contribution in [2.75, 3.05) is 6.61 Å². The number of phenols is 1. The highest BCUT2D eigenvalue weighted by molar-refractivity contribution is 5.87. The molecule has 31 heavy (non-hydrogen) atoms. The molecule has 1 saturated heterocycles. The van der Waals surface area contributed by atoms with E-state index in [0.717, 1.165) is 0 Å². The lowest BCUT2D eigenvalue weighted by molar-refractivity contribution is -0.278. The fourth-order valence-electron chi connectivity index (χ4n) is 2.85. The molecule has 1 aliphatic heterocycles. The third-order valence-corrected chi connectivity index (χ3v) is 5.00. The lowest BCUT2D eigenvalue weighted by Crippen LogP contribution is -2.60. The summed E-state index contributed by atoms with van der Waals surface area (Å²) in [6, 6.07) is 5.63. The number of hydrogen-bond donors (Lipinski definition) is 5. The highest BCUT2D eigenvalue weighted by atomic mass is 16.7. The third kappa shape index (κ3) is 7.05. The van der Waals surface area contributed by atoms with E-state index in [1.165, 1.54) is 30.3 Å². The van der Waals surface area contributed by atoms with Crippen LogP contribution in [0.3, 0.4) is 0 Å². The van der Waals surface area contributed by atoms with Crippen molar-refractivity contribution in [3.63, 3.8) is 0 Å². The molecule has 0 radical (unpaired) electrons. The zero-order valence-electron chi connectivity index (χ0n) is 17.5. The first-order valence-corrected chi connectivity index (χ1v) is 9.89. The van der Waals surface area contributed by atoms with Crippen LogP contribution in [0.25, 0.3) is 0 Å². The van der Waals surface area contributed by atoms with E-state index in [1.54, 1.807) is 19.9 Å². The van der Waals surface area contributed by atoms with Gasteiger partial charge in [0.2, 0.25) is 6.29 Å². The molecule has 0 unspecified atom stereocenters. The summed E-state index contributed by atoms with van der Waals surface area (Å²) in [5.41, 5.74) is -0.729. The van der Waals surface area contributed by atoms with E-state index in [1.807, 2.05) is 0 Å². The Morgan fingerprint density at radius 2 is 1.84 bits per heavy atom. The Balaban J connectivity index is 1.93. The maximum Gasteiger partial charge on any atom is 0.333 e. The second-order valence-corrected chi connectivity index (χ2v) is 7.71. The molecule has 0 bridgehead atoms. The zero-order valence-corrected chi connectivity index (χ0v) is 17.5.